The number of allylic oxidation sites excluding steroid dienone is 11. The second-order valence-corrected chi connectivity index (χ2v) is 23.9. The minimum absolute atomic E-state index is 0.230. The largest absolute Gasteiger partial charge is 0.394 e. The fourth-order valence-electron chi connectivity index (χ4n) is 11.0. The molecule has 0 saturated carbocycles. The Balaban J connectivity index is 1.45. The lowest BCUT2D eigenvalue weighted by Crippen LogP contribution is -2.66. The van der Waals surface area contributed by atoms with Crippen LogP contribution >= 0.6 is 0 Å². The van der Waals surface area contributed by atoms with Crippen molar-refractivity contribution in [3.8, 4) is 0 Å². The monoisotopic (exact) mass is 1240 g/mol. The number of unbranched alkanes of at least 4 members (excludes halogenated alkanes) is 24. The molecule has 0 aromatic carbocycles. The van der Waals surface area contributed by atoms with Gasteiger partial charge in [-0.3, -0.25) is 4.79 Å². The van der Waals surface area contributed by atoms with Crippen molar-refractivity contribution in [3.05, 3.63) is 72.9 Å². The summed E-state index contributed by atoms with van der Waals surface area (Å²) in [6, 6.07) is -0.994. The average molecular weight is 1240 g/mol. The van der Waals surface area contributed by atoms with Gasteiger partial charge in [0.2, 0.25) is 5.91 Å². The maximum atomic E-state index is 13.4. The van der Waals surface area contributed by atoms with Crippen LogP contribution in [0.2, 0.25) is 0 Å². The van der Waals surface area contributed by atoms with Crippen LogP contribution in [-0.4, -0.2) is 193 Å². The molecule has 3 fully saturated rings. The first-order chi connectivity index (χ1) is 42.3. The van der Waals surface area contributed by atoms with Crippen LogP contribution in [0.5, 0.6) is 0 Å². The van der Waals surface area contributed by atoms with Gasteiger partial charge in [-0.15, -0.1) is 0 Å². The lowest BCUT2D eigenvalue weighted by Gasteiger charge is -2.48. The summed E-state index contributed by atoms with van der Waals surface area (Å²) in [7, 11) is 0. The normalized spacial score (nSPS) is 29.0. The Morgan fingerprint density at radius 1 is 0.425 bits per heavy atom. The van der Waals surface area contributed by atoms with Gasteiger partial charge < -0.3 is 89.9 Å². The van der Waals surface area contributed by atoms with Crippen LogP contribution < -0.4 is 5.32 Å². The second kappa shape index (κ2) is 49.9. The molecule has 17 unspecified atom stereocenters. The van der Waals surface area contributed by atoms with Gasteiger partial charge in [-0.1, -0.05) is 215 Å². The molecule has 1 amide bonds. The van der Waals surface area contributed by atoms with Crippen LogP contribution in [-0.2, 0) is 33.2 Å². The van der Waals surface area contributed by atoms with Gasteiger partial charge in [0, 0.05) is 6.42 Å². The summed E-state index contributed by atoms with van der Waals surface area (Å²) in [6.07, 6.45) is 34.4. The van der Waals surface area contributed by atoms with E-state index >= 15 is 0 Å². The Labute approximate surface area is 521 Å². The third-order valence-electron chi connectivity index (χ3n) is 16.5. The Hall–Kier alpha value is -2.77. The van der Waals surface area contributed by atoms with Crippen LogP contribution in [0.4, 0.5) is 0 Å². The zero-order valence-electron chi connectivity index (χ0n) is 53.0. The molecule has 19 nitrogen and oxygen atoms in total. The zero-order valence-corrected chi connectivity index (χ0v) is 53.0. The molecule has 19 heteroatoms. The number of ether oxygens (including phenoxy) is 6. The van der Waals surface area contributed by atoms with Gasteiger partial charge in [0.25, 0.3) is 0 Å². The van der Waals surface area contributed by atoms with Crippen molar-refractivity contribution in [1.29, 1.82) is 0 Å². The Morgan fingerprint density at radius 2 is 0.805 bits per heavy atom. The molecular weight excluding hydrogens is 1120 g/mol. The molecule has 3 heterocycles. The molecule has 87 heavy (non-hydrogen) atoms. The third kappa shape index (κ3) is 32.4. The fraction of sp³-hybridized carbons (Fsp3) is 0.809. The summed E-state index contributed by atoms with van der Waals surface area (Å²) in [5.74, 6) is -0.290. The number of nitrogens with one attached hydrogen (secondary N) is 1. The van der Waals surface area contributed by atoms with Crippen LogP contribution in [0.3, 0.4) is 0 Å². The highest BCUT2D eigenvalue weighted by Crippen LogP contribution is 2.33. The molecule has 504 valence electrons. The van der Waals surface area contributed by atoms with E-state index in [1.807, 2.05) is 6.08 Å². The molecule has 17 atom stereocenters. The number of hydrogen-bond donors (Lipinski definition) is 12. The van der Waals surface area contributed by atoms with E-state index in [1.54, 1.807) is 6.08 Å². The van der Waals surface area contributed by atoms with E-state index in [2.05, 4.69) is 79.9 Å². The lowest BCUT2D eigenvalue weighted by molar-refractivity contribution is -0.379. The SMILES string of the molecule is CC/C=C\C/C=C\C/C=C\C/C=C\CCCCCCCCCCCCCCC(=O)NC(COC1OC(CO)C(OC2OC(CO)C(OC3OC(CO)C(O)C(O)C3O)C(O)C2O)C(O)C1O)C(O)/C=C/CC/C=C/CCCCCCCCCCCCC. The summed E-state index contributed by atoms with van der Waals surface area (Å²) < 4.78 is 34.3. The molecule has 0 aromatic heterocycles. The van der Waals surface area contributed by atoms with Crippen molar-refractivity contribution >= 4 is 5.91 Å². The number of aliphatic hydroxyl groups is 11. The molecule has 3 aliphatic rings. The molecule has 0 bridgehead atoms. The van der Waals surface area contributed by atoms with Crippen molar-refractivity contribution in [1.82, 2.24) is 5.32 Å². The lowest BCUT2D eigenvalue weighted by atomic mass is 9.96. The van der Waals surface area contributed by atoms with E-state index in [0.29, 0.717) is 12.8 Å². The van der Waals surface area contributed by atoms with Crippen molar-refractivity contribution in [2.24, 2.45) is 0 Å². The van der Waals surface area contributed by atoms with Gasteiger partial charge in [0.1, 0.15) is 73.2 Å². The molecule has 3 aliphatic heterocycles. The van der Waals surface area contributed by atoms with Gasteiger partial charge in [0.15, 0.2) is 18.9 Å². The van der Waals surface area contributed by atoms with Crippen LogP contribution in [0.15, 0.2) is 72.9 Å². The van der Waals surface area contributed by atoms with E-state index in [9.17, 15) is 61.0 Å². The number of rotatable bonds is 50. The molecule has 0 aromatic rings. The van der Waals surface area contributed by atoms with Gasteiger partial charge in [0.05, 0.1) is 38.6 Å². The van der Waals surface area contributed by atoms with E-state index in [0.717, 1.165) is 77.0 Å². The van der Waals surface area contributed by atoms with Gasteiger partial charge in [-0.2, -0.15) is 0 Å². The molecule has 0 aliphatic carbocycles. The first-order valence-electron chi connectivity index (χ1n) is 33.7. The number of hydrogen-bond acceptors (Lipinski definition) is 18. The molecular formula is C68H119NO18. The Kier molecular flexibility index (Phi) is 45.0. The second-order valence-electron chi connectivity index (χ2n) is 23.9. The fourth-order valence-corrected chi connectivity index (χ4v) is 11.0. The predicted molar refractivity (Wildman–Crippen MR) is 337 cm³/mol. The quantitative estimate of drug-likeness (QED) is 0.0202. The molecule has 3 rings (SSSR count). The average Bonchev–Trinajstić information content (AvgIpc) is 1.15. The van der Waals surface area contributed by atoms with Crippen molar-refractivity contribution < 1.29 is 89.4 Å². The van der Waals surface area contributed by atoms with Crippen LogP contribution in [0, 0.1) is 0 Å². The minimum atomic E-state index is -1.98. The van der Waals surface area contributed by atoms with Gasteiger partial charge in [-0.05, 0) is 70.6 Å². The zero-order chi connectivity index (χ0) is 63.3. The molecule has 3 saturated heterocycles. The highest BCUT2D eigenvalue weighted by atomic mass is 16.8. The number of amides is 1. The van der Waals surface area contributed by atoms with E-state index in [4.69, 9.17) is 28.4 Å². The Bertz CT molecular complexity index is 1860. The van der Waals surface area contributed by atoms with Gasteiger partial charge in [-0.25, -0.2) is 0 Å². The number of aliphatic hydroxyl groups excluding tert-OH is 11. The summed E-state index contributed by atoms with van der Waals surface area (Å²) in [4.78, 5) is 13.4. The van der Waals surface area contributed by atoms with Crippen LogP contribution in [0.25, 0.3) is 0 Å². The van der Waals surface area contributed by atoms with Crippen molar-refractivity contribution in [3.63, 3.8) is 0 Å². The summed E-state index contributed by atoms with van der Waals surface area (Å²) in [6.45, 7) is 1.59. The number of carbonyl (C=O) groups excluding carboxylic acids is 1. The summed E-state index contributed by atoms with van der Waals surface area (Å²) in [5, 5.41) is 120. The Morgan fingerprint density at radius 3 is 1.29 bits per heavy atom. The minimum Gasteiger partial charge on any atom is -0.394 e. The highest BCUT2D eigenvalue weighted by molar-refractivity contribution is 5.76. The highest BCUT2D eigenvalue weighted by Gasteiger charge is 2.53. The van der Waals surface area contributed by atoms with Crippen molar-refractivity contribution in [2.45, 2.75) is 324 Å². The topological polar surface area (TPSA) is 307 Å². The van der Waals surface area contributed by atoms with Crippen LogP contribution in [0.1, 0.15) is 219 Å². The standard InChI is InChI=1S/C68H119NO18/c1-3-5-7-9-11-13-15-17-19-21-22-23-24-25-26-27-28-30-32-34-36-38-40-42-44-46-56(74)69-51(52(73)45-43-41-39-37-35-33-31-29-20-18-16-14-12-10-8-6-4-2)50-82-66-62(80)59(77)64(54(48-71)84-66)87-68-63(81)60(78)65(55(49-72)85-68)86-67-61(79)58(76)57(75)53(47-70)83-67/h5,7,11,13,17,19,22-23,35,37,43,45,51-55,57-68,70-73,75-81H,3-4,6,8-10,12,14-16,18,20-21,24-34,36,38-42,44,46-50H2,1-2H3,(H,69,74)/b7-5-,13-11-,19-17-,23-22-,37-35+,45-43+. The van der Waals surface area contributed by atoms with Crippen molar-refractivity contribution in [2.75, 3.05) is 26.4 Å². The maximum absolute atomic E-state index is 13.4. The molecule has 12 N–H and O–H groups in total. The molecule has 0 spiro atoms. The first kappa shape index (κ1) is 78.5. The van der Waals surface area contributed by atoms with E-state index in [-0.39, 0.29) is 18.9 Å². The first-order valence-corrected chi connectivity index (χ1v) is 33.7. The summed E-state index contributed by atoms with van der Waals surface area (Å²) >= 11 is 0. The molecule has 0 radical (unpaired) electrons. The number of carbonyl (C=O) groups is 1. The third-order valence-corrected chi connectivity index (χ3v) is 16.5. The maximum Gasteiger partial charge on any atom is 0.220 e. The smallest absolute Gasteiger partial charge is 0.220 e. The van der Waals surface area contributed by atoms with E-state index in [1.165, 1.54) is 109 Å². The predicted octanol–water partition coefficient (Wildman–Crippen LogP) is 8.16. The summed E-state index contributed by atoms with van der Waals surface area (Å²) in [5.41, 5.74) is 0. The van der Waals surface area contributed by atoms with Gasteiger partial charge >= 0.3 is 0 Å². The van der Waals surface area contributed by atoms with E-state index < -0.39 is 124 Å².